The van der Waals surface area contributed by atoms with Crippen LogP contribution in [0.2, 0.25) is 0 Å². The molecule has 12 heteroatoms. The lowest BCUT2D eigenvalue weighted by Gasteiger charge is -2.27. The molecule has 4 heterocycles. The highest BCUT2D eigenvalue weighted by atomic mass is 19.1. The van der Waals surface area contributed by atoms with Crippen molar-refractivity contribution in [3.63, 3.8) is 0 Å². The molecular weight excluding hydrogens is 594 g/mol. The van der Waals surface area contributed by atoms with Crippen LogP contribution in [0.5, 0.6) is 5.75 Å². The number of carboxylic acid groups (broad SMARTS) is 1. The van der Waals surface area contributed by atoms with E-state index in [1.807, 2.05) is 28.6 Å². The fraction of sp³-hybridized carbons (Fsp3) is 0.353. The number of benzene rings is 2. The first kappa shape index (κ1) is 28.6. The zero-order chi connectivity index (χ0) is 32.0. The Morgan fingerprint density at radius 3 is 2.54 bits per heavy atom. The third-order valence-corrected chi connectivity index (χ3v) is 10.0. The average molecular weight is 627 g/mol. The highest BCUT2D eigenvalue weighted by Crippen LogP contribution is 2.40. The van der Waals surface area contributed by atoms with E-state index in [4.69, 9.17) is 20.4 Å². The SMILES string of the molecule is COc1cc(C(=O)N2C[C@H]3CC[C@@H]2[C@@H]3N)cc2nc(-c3cc4ccc(-c5ccc(F)c(C(=O)O)c5F)nc4n3CC3CC3)n(C)c12. The second-order valence-electron chi connectivity index (χ2n) is 12.8. The molecule has 3 atom stereocenters. The molecule has 2 aliphatic carbocycles. The molecule has 2 saturated carbocycles. The van der Waals surface area contributed by atoms with Gasteiger partial charge in [-0.25, -0.2) is 23.5 Å². The number of carbonyl (C=O) groups excluding carboxylic acids is 1. The second kappa shape index (κ2) is 10.3. The molecule has 3 aromatic heterocycles. The molecule has 0 radical (unpaired) electrons. The van der Waals surface area contributed by atoms with Gasteiger partial charge in [0.15, 0.2) is 5.82 Å². The summed E-state index contributed by atoms with van der Waals surface area (Å²) in [5.41, 5.74) is 8.68. The van der Waals surface area contributed by atoms with E-state index >= 15 is 4.39 Å². The van der Waals surface area contributed by atoms with Crippen LogP contribution in [0.4, 0.5) is 8.78 Å². The summed E-state index contributed by atoms with van der Waals surface area (Å²) in [6.45, 7) is 1.32. The Hall–Kier alpha value is -4.84. The molecule has 3 aliphatic rings. The van der Waals surface area contributed by atoms with Crippen molar-refractivity contribution in [2.24, 2.45) is 24.6 Å². The third kappa shape index (κ3) is 4.30. The Balaban J connectivity index is 1.25. The number of aryl methyl sites for hydroxylation is 1. The number of rotatable bonds is 7. The van der Waals surface area contributed by atoms with Gasteiger partial charge in [0.05, 0.1) is 24.0 Å². The fourth-order valence-electron chi connectivity index (χ4n) is 7.42. The van der Waals surface area contributed by atoms with Crippen LogP contribution >= 0.6 is 0 Å². The van der Waals surface area contributed by atoms with Crippen LogP contribution in [-0.2, 0) is 13.6 Å². The third-order valence-electron chi connectivity index (χ3n) is 10.0. The number of fused-ring (bicyclic) bond motifs is 4. The van der Waals surface area contributed by atoms with Gasteiger partial charge in [-0.2, -0.15) is 0 Å². The number of nitrogens with two attached hydrogens (primary N) is 1. The molecule has 0 spiro atoms. The minimum absolute atomic E-state index is 0.0114. The van der Waals surface area contributed by atoms with Crippen LogP contribution < -0.4 is 10.5 Å². The van der Waals surface area contributed by atoms with E-state index in [9.17, 15) is 19.1 Å². The first-order valence-corrected chi connectivity index (χ1v) is 15.5. The molecule has 2 aromatic carbocycles. The van der Waals surface area contributed by atoms with Gasteiger partial charge in [-0.3, -0.25) is 4.79 Å². The van der Waals surface area contributed by atoms with E-state index in [1.54, 1.807) is 25.3 Å². The van der Waals surface area contributed by atoms with E-state index < -0.39 is 23.2 Å². The van der Waals surface area contributed by atoms with Gasteiger partial charge >= 0.3 is 5.97 Å². The van der Waals surface area contributed by atoms with Gasteiger partial charge in [0.1, 0.15) is 34.1 Å². The lowest BCUT2D eigenvalue weighted by molar-refractivity contribution is 0.0682. The number of methoxy groups -OCH3 is 1. The predicted octanol–water partition coefficient (Wildman–Crippen LogP) is 5.21. The van der Waals surface area contributed by atoms with Crippen molar-refractivity contribution in [1.82, 2.24) is 24.0 Å². The van der Waals surface area contributed by atoms with Crippen LogP contribution in [0.15, 0.2) is 42.5 Å². The largest absolute Gasteiger partial charge is 0.494 e. The summed E-state index contributed by atoms with van der Waals surface area (Å²) < 4.78 is 39.2. The summed E-state index contributed by atoms with van der Waals surface area (Å²) in [5, 5.41) is 10.2. The minimum Gasteiger partial charge on any atom is -0.494 e. The van der Waals surface area contributed by atoms with E-state index in [0.717, 1.165) is 48.3 Å². The van der Waals surface area contributed by atoms with E-state index in [1.165, 1.54) is 6.07 Å². The van der Waals surface area contributed by atoms with Gasteiger partial charge in [-0.05, 0) is 80.0 Å². The topological polar surface area (TPSA) is 129 Å². The number of carboxylic acids is 1. The Morgan fingerprint density at radius 1 is 1.07 bits per heavy atom. The number of aromatic carboxylic acids is 1. The number of halogens is 2. The predicted molar refractivity (Wildman–Crippen MR) is 167 cm³/mol. The fourth-order valence-corrected chi connectivity index (χ4v) is 7.42. The molecular formula is C34H32F2N6O4. The average Bonchev–Trinajstić information content (AvgIpc) is 3.44. The van der Waals surface area contributed by atoms with Crippen molar-refractivity contribution in [2.75, 3.05) is 13.7 Å². The van der Waals surface area contributed by atoms with Crippen LogP contribution in [0.3, 0.4) is 0 Å². The number of likely N-dealkylation sites (tertiary alicyclic amines) is 1. The number of hydrogen-bond acceptors (Lipinski definition) is 6. The van der Waals surface area contributed by atoms with Gasteiger partial charge in [-0.1, -0.05) is 0 Å². The van der Waals surface area contributed by atoms with E-state index in [2.05, 4.69) is 4.57 Å². The summed E-state index contributed by atoms with van der Waals surface area (Å²) in [4.78, 5) is 36.9. The quantitative estimate of drug-likeness (QED) is 0.254. The number of piperidine rings is 1. The Labute approximate surface area is 262 Å². The first-order chi connectivity index (χ1) is 22.1. The smallest absolute Gasteiger partial charge is 0.341 e. The Morgan fingerprint density at radius 2 is 1.87 bits per heavy atom. The summed E-state index contributed by atoms with van der Waals surface area (Å²) in [5.74, 6) is -2.13. The summed E-state index contributed by atoms with van der Waals surface area (Å²) in [6.07, 6.45) is 4.10. The van der Waals surface area contributed by atoms with Crippen LogP contribution in [-0.4, -0.2) is 66.7 Å². The maximum Gasteiger partial charge on any atom is 0.341 e. The summed E-state index contributed by atoms with van der Waals surface area (Å²) >= 11 is 0. The van der Waals surface area contributed by atoms with Gasteiger partial charge in [0.2, 0.25) is 0 Å². The molecule has 1 amide bonds. The lowest BCUT2D eigenvalue weighted by Crippen LogP contribution is -2.41. The van der Waals surface area contributed by atoms with Crippen LogP contribution in [0.1, 0.15) is 46.4 Å². The minimum atomic E-state index is -1.68. The zero-order valence-corrected chi connectivity index (χ0v) is 25.3. The van der Waals surface area contributed by atoms with Gasteiger partial charge < -0.3 is 29.6 Å². The van der Waals surface area contributed by atoms with Gasteiger partial charge in [0.25, 0.3) is 5.91 Å². The molecule has 236 valence electrons. The molecule has 10 nitrogen and oxygen atoms in total. The highest BCUT2D eigenvalue weighted by molar-refractivity contribution is 6.00. The monoisotopic (exact) mass is 626 g/mol. The van der Waals surface area contributed by atoms with Crippen molar-refractivity contribution in [3.05, 3.63) is 65.2 Å². The molecule has 3 fully saturated rings. The van der Waals surface area contributed by atoms with Crippen molar-refractivity contribution in [2.45, 2.75) is 44.3 Å². The van der Waals surface area contributed by atoms with Gasteiger partial charge in [-0.15, -0.1) is 0 Å². The number of ether oxygens (including phenoxy) is 1. The van der Waals surface area contributed by atoms with Crippen molar-refractivity contribution in [3.8, 4) is 28.5 Å². The number of nitrogens with zero attached hydrogens (tertiary/aromatic N) is 5. The van der Waals surface area contributed by atoms with Crippen molar-refractivity contribution in [1.29, 1.82) is 0 Å². The number of aromatic nitrogens is 4. The maximum absolute atomic E-state index is 15.2. The summed E-state index contributed by atoms with van der Waals surface area (Å²) in [6, 6.07) is 11.2. The number of carbonyl (C=O) groups is 2. The normalized spacial score (nSPS) is 20.7. The Kier molecular flexibility index (Phi) is 6.44. The van der Waals surface area contributed by atoms with Crippen molar-refractivity contribution >= 4 is 33.9 Å². The van der Waals surface area contributed by atoms with Crippen LogP contribution in [0.25, 0.3) is 44.8 Å². The highest BCUT2D eigenvalue weighted by Gasteiger charge is 2.47. The molecule has 3 N–H and O–H groups in total. The molecule has 0 unspecified atom stereocenters. The molecule has 1 saturated heterocycles. The second-order valence-corrected chi connectivity index (χ2v) is 12.8. The molecule has 8 rings (SSSR count). The lowest BCUT2D eigenvalue weighted by atomic mass is 10.1. The van der Waals surface area contributed by atoms with Crippen LogP contribution in [0, 0.1) is 23.5 Å². The number of pyridine rings is 1. The maximum atomic E-state index is 15.2. The molecule has 5 aromatic rings. The number of hydrogen-bond donors (Lipinski definition) is 2. The number of amides is 1. The molecule has 46 heavy (non-hydrogen) atoms. The van der Waals surface area contributed by atoms with E-state index in [-0.39, 0.29) is 29.2 Å². The zero-order valence-electron chi connectivity index (χ0n) is 25.3. The van der Waals surface area contributed by atoms with E-state index in [0.29, 0.717) is 53.2 Å². The summed E-state index contributed by atoms with van der Waals surface area (Å²) in [7, 11) is 3.47. The Bertz CT molecular complexity index is 2100. The molecule has 1 aliphatic heterocycles. The first-order valence-electron chi connectivity index (χ1n) is 15.5. The van der Waals surface area contributed by atoms with Gasteiger partial charge in [0, 0.05) is 48.7 Å². The number of imidazole rings is 1. The van der Waals surface area contributed by atoms with Crippen molar-refractivity contribution < 1.29 is 28.2 Å². The molecule has 2 bridgehead atoms. The standard InChI is InChI=1S/C34H32F2N6O4/c1-40-30-23(11-19(13-26(30)46-2)33(43)42-15-18-6-10-24(42)29(18)37)39-32(40)25-12-17-5-9-22(38-31(17)41(25)14-16-3-4-16)20-7-8-21(35)27(28(20)36)34(44)45/h5,7-9,11-13,16,18,24,29H,3-4,6,10,14-15,37H2,1-2H3,(H,44,45)/t18-,24-,29-/m1/s1.